The third kappa shape index (κ3) is 4.86. The summed E-state index contributed by atoms with van der Waals surface area (Å²) in [4.78, 5) is 9.23. The highest BCUT2D eigenvalue weighted by Gasteiger charge is 2.14. The van der Waals surface area contributed by atoms with Crippen molar-refractivity contribution in [3.05, 3.63) is 51.4 Å². The number of anilines is 1. The van der Waals surface area contributed by atoms with Crippen LogP contribution < -0.4 is 16.0 Å². The van der Waals surface area contributed by atoms with Crippen molar-refractivity contribution in [1.82, 2.24) is 20.6 Å². The van der Waals surface area contributed by atoms with Crippen molar-refractivity contribution in [2.45, 2.75) is 20.3 Å². The Bertz CT molecular complexity index is 935. The normalized spacial score (nSPS) is 16.0. The summed E-state index contributed by atoms with van der Waals surface area (Å²) < 4.78 is 0. The summed E-state index contributed by atoms with van der Waals surface area (Å²) in [5.74, 6) is 2.37. The Kier molecular flexibility index (Phi) is 6.61. The van der Waals surface area contributed by atoms with Gasteiger partial charge in [-0.15, -0.1) is 0 Å². The van der Waals surface area contributed by atoms with Crippen LogP contribution in [0.3, 0.4) is 0 Å². The molecular formula is C20H22Cl2N6. The van der Waals surface area contributed by atoms with Gasteiger partial charge >= 0.3 is 0 Å². The van der Waals surface area contributed by atoms with Crippen LogP contribution in [0.1, 0.15) is 17.7 Å². The van der Waals surface area contributed by atoms with Crippen LogP contribution in [0.2, 0.25) is 10.0 Å². The van der Waals surface area contributed by atoms with Crippen LogP contribution in [0.4, 0.5) is 5.82 Å². The van der Waals surface area contributed by atoms with Crippen molar-refractivity contribution in [3.8, 4) is 17.5 Å². The highest BCUT2D eigenvalue weighted by molar-refractivity contribution is 6.36. The van der Waals surface area contributed by atoms with Crippen molar-refractivity contribution in [1.29, 1.82) is 5.26 Å². The molecule has 0 spiro atoms. The maximum absolute atomic E-state index is 8.92. The zero-order chi connectivity index (χ0) is 20.1. The summed E-state index contributed by atoms with van der Waals surface area (Å²) in [6.45, 7) is 6.03. The fourth-order valence-electron chi connectivity index (χ4n) is 2.85. The molecule has 1 aliphatic rings. The molecule has 1 aliphatic heterocycles. The standard InChI is InChI=1S/C20H22Cl2N6/c1-12-13(2)27-20(16-5-4-15(21)9-17(16)22)28-19(12)25-8-7-24-18-6-3-14(10-23)11-26-18/h4-6,9,14,24,26H,3,7-8,11H2,1-2H3,(H,25,27,28). The summed E-state index contributed by atoms with van der Waals surface area (Å²) in [5.41, 5.74) is 2.64. The number of nitrogens with one attached hydrogen (secondary N) is 3. The number of hydrogen-bond acceptors (Lipinski definition) is 6. The zero-order valence-electron chi connectivity index (χ0n) is 15.8. The van der Waals surface area contributed by atoms with Gasteiger partial charge in [-0.05, 0) is 44.5 Å². The van der Waals surface area contributed by atoms with Crippen molar-refractivity contribution < 1.29 is 0 Å². The number of aryl methyl sites for hydroxylation is 1. The molecular weight excluding hydrogens is 395 g/mol. The minimum Gasteiger partial charge on any atom is -0.371 e. The van der Waals surface area contributed by atoms with Crippen LogP contribution in [0.15, 0.2) is 30.1 Å². The van der Waals surface area contributed by atoms with E-state index in [1.165, 1.54) is 0 Å². The van der Waals surface area contributed by atoms with Crippen LogP contribution in [0, 0.1) is 31.1 Å². The van der Waals surface area contributed by atoms with Gasteiger partial charge in [0.2, 0.25) is 0 Å². The number of nitrogens with zero attached hydrogens (tertiary/aromatic N) is 3. The van der Waals surface area contributed by atoms with Crippen LogP contribution in [-0.4, -0.2) is 29.6 Å². The molecule has 3 rings (SSSR count). The minimum absolute atomic E-state index is 0.0495. The van der Waals surface area contributed by atoms with E-state index in [4.69, 9.17) is 28.5 Å². The second-order valence-electron chi connectivity index (χ2n) is 6.64. The van der Waals surface area contributed by atoms with E-state index in [2.05, 4.69) is 32.0 Å². The van der Waals surface area contributed by atoms with Crippen LogP contribution >= 0.6 is 23.2 Å². The van der Waals surface area contributed by atoms with Gasteiger partial charge in [0.05, 0.1) is 22.8 Å². The molecule has 0 fully saturated rings. The van der Waals surface area contributed by atoms with Crippen molar-refractivity contribution >= 4 is 29.0 Å². The smallest absolute Gasteiger partial charge is 0.163 e. The minimum atomic E-state index is 0.0495. The van der Waals surface area contributed by atoms with Gasteiger partial charge in [-0.1, -0.05) is 23.2 Å². The van der Waals surface area contributed by atoms with Crippen LogP contribution in [0.5, 0.6) is 0 Å². The molecule has 6 nitrogen and oxygen atoms in total. The largest absolute Gasteiger partial charge is 0.371 e. The molecule has 0 bridgehead atoms. The first-order valence-corrected chi connectivity index (χ1v) is 9.85. The Morgan fingerprint density at radius 2 is 2.00 bits per heavy atom. The van der Waals surface area contributed by atoms with Gasteiger partial charge < -0.3 is 16.0 Å². The van der Waals surface area contributed by atoms with E-state index in [9.17, 15) is 0 Å². The lowest BCUT2D eigenvalue weighted by Gasteiger charge is -2.20. The maximum Gasteiger partial charge on any atom is 0.163 e. The zero-order valence-corrected chi connectivity index (χ0v) is 17.3. The molecule has 0 radical (unpaired) electrons. The predicted octanol–water partition coefficient (Wildman–Crippen LogP) is 4.04. The van der Waals surface area contributed by atoms with Gasteiger partial charge in [-0.25, -0.2) is 9.97 Å². The third-order valence-corrected chi connectivity index (χ3v) is 5.17. The maximum atomic E-state index is 8.92. The molecule has 8 heteroatoms. The second kappa shape index (κ2) is 9.13. The first-order valence-electron chi connectivity index (χ1n) is 9.10. The molecule has 0 amide bonds. The molecule has 1 unspecified atom stereocenters. The van der Waals surface area contributed by atoms with Gasteiger partial charge in [-0.3, -0.25) is 0 Å². The van der Waals surface area contributed by atoms with Gasteiger partial charge in [0.1, 0.15) is 5.82 Å². The molecule has 2 heterocycles. The number of aromatic nitrogens is 2. The summed E-state index contributed by atoms with van der Waals surface area (Å²) in [6, 6.07) is 7.57. The van der Waals surface area contributed by atoms with Crippen molar-refractivity contribution in [2.75, 3.05) is 25.0 Å². The van der Waals surface area contributed by atoms with Crippen LogP contribution in [-0.2, 0) is 0 Å². The topological polar surface area (TPSA) is 85.7 Å². The third-order valence-electron chi connectivity index (χ3n) is 4.62. The lowest BCUT2D eigenvalue weighted by molar-refractivity contribution is 0.549. The van der Waals surface area contributed by atoms with Gasteiger partial charge in [0, 0.05) is 41.5 Å². The van der Waals surface area contributed by atoms with Gasteiger partial charge in [0.25, 0.3) is 0 Å². The fourth-order valence-corrected chi connectivity index (χ4v) is 3.35. The summed E-state index contributed by atoms with van der Waals surface area (Å²) in [6.07, 6.45) is 2.80. The molecule has 0 aliphatic carbocycles. The molecule has 146 valence electrons. The molecule has 2 aromatic rings. The average molecular weight is 417 g/mol. The second-order valence-corrected chi connectivity index (χ2v) is 7.49. The highest BCUT2D eigenvalue weighted by atomic mass is 35.5. The molecule has 3 N–H and O–H groups in total. The van der Waals surface area contributed by atoms with E-state index in [0.29, 0.717) is 29.0 Å². The van der Waals surface area contributed by atoms with E-state index in [1.807, 2.05) is 26.0 Å². The lowest BCUT2D eigenvalue weighted by Crippen LogP contribution is -2.35. The van der Waals surface area contributed by atoms with E-state index < -0.39 is 0 Å². The fraction of sp³-hybridized carbons (Fsp3) is 0.350. The lowest BCUT2D eigenvalue weighted by atomic mass is 10.1. The Balaban J connectivity index is 1.65. The molecule has 1 aromatic heterocycles. The summed E-state index contributed by atoms with van der Waals surface area (Å²) in [7, 11) is 0. The number of nitriles is 1. The predicted molar refractivity (Wildman–Crippen MR) is 113 cm³/mol. The number of hydrogen-bond donors (Lipinski definition) is 3. The quantitative estimate of drug-likeness (QED) is 0.615. The SMILES string of the molecule is Cc1nc(-c2ccc(Cl)cc2Cl)nc(NCCNC2=CCC(C#N)CN2)c1C. The Morgan fingerprint density at radius 1 is 1.21 bits per heavy atom. The van der Waals surface area contributed by atoms with Crippen molar-refractivity contribution in [2.24, 2.45) is 5.92 Å². The van der Waals surface area contributed by atoms with Crippen LogP contribution in [0.25, 0.3) is 11.4 Å². The van der Waals surface area contributed by atoms with Gasteiger partial charge in [0.15, 0.2) is 5.82 Å². The van der Waals surface area contributed by atoms with Crippen molar-refractivity contribution in [3.63, 3.8) is 0 Å². The molecule has 1 aromatic carbocycles. The molecule has 1 atom stereocenters. The highest BCUT2D eigenvalue weighted by Crippen LogP contribution is 2.30. The summed E-state index contributed by atoms with van der Waals surface area (Å²) >= 11 is 12.3. The first kappa shape index (κ1) is 20.2. The van der Waals surface area contributed by atoms with Gasteiger partial charge in [-0.2, -0.15) is 5.26 Å². The van der Waals surface area contributed by atoms with E-state index >= 15 is 0 Å². The Hall–Kier alpha value is -2.49. The molecule has 0 saturated heterocycles. The number of allylic oxidation sites excluding steroid dienone is 1. The summed E-state index contributed by atoms with van der Waals surface area (Å²) in [5, 5.41) is 19.9. The van der Waals surface area contributed by atoms with E-state index in [0.717, 1.165) is 41.4 Å². The van der Waals surface area contributed by atoms with E-state index in [-0.39, 0.29) is 5.92 Å². The molecule has 28 heavy (non-hydrogen) atoms. The number of halogens is 2. The average Bonchev–Trinajstić information content (AvgIpc) is 2.68. The number of benzene rings is 1. The monoisotopic (exact) mass is 416 g/mol. The number of rotatable bonds is 6. The van der Waals surface area contributed by atoms with E-state index in [1.54, 1.807) is 12.1 Å². The first-order chi connectivity index (χ1) is 13.5. The Labute approximate surface area is 175 Å². The molecule has 0 saturated carbocycles. The Morgan fingerprint density at radius 3 is 2.68 bits per heavy atom.